The van der Waals surface area contributed by atoms with E-state index in [9.17, 15) is 4.79 Å². The largest absolute Gasteiger partial charge is 0.295 e. The van der Waals surface area contributed by atoms with Crippen LogP contribution in [0.15, 0.2) is 24.3 Å². The lowest BCUT2D eigenvalue weighted by Crippen LogP contribution is -1.91. The quantitative estimate of drug-likeness (QED) is 0.651. The second-order valence-electron chi connectivity index (χ2n) is 3.69. The fourth-order valence-corrected chi connectivity index (χ4v) is 1.56. The summed E-state index contributed by atoms with van der Waals surface area (Å²) in [6.07, 6.45) is 1.68. The zero-order chi connectivity index (χ0) is 10.7. The molecule has 74 valence electrons. The highest BCUT2D eigenvalue weighted by molar-refractivity contribution is 5.95. The molecular formula is C13H16O. The number of aryl methyl sites for hydroxylation is 1. The Balaban J connectivity index is 3.20. The molecule has 0 heterocycles. The van der Waals surface area contributed by atoms with Gasteiger partial charge < -0.3 is 0 Å². The van der Waals surface area contributed by atoms with E-state index in [-0.39, 0.29) is 5.78 Å². The van der Waals surface area contributed by atoms with Gasteiger partial charge in [-0.05, 0) is 56.0 Å². The molecule has 0 aliphatic heterocycles. The van der Waals surface area contributed by atoms with Crippen LogP contribution in [-0.4, -0.2) is 5.78 Å². The summed E-state index contributed by atoms with van der Waals surface area (Å²) in [7, 11) is 0. The second-order valence-corrected chi connectivity index (χ2v) is 3.69. The molecule has 0 fully saturated rings. The Morgan fingerprint density at radius 1 is 1.21 bits per heavy atom. The molecule has 0 unspecified atom stereocenters. The molecule has 0 aliphatic rings. The Hall–Kier alpha value is -1.37. The maximum atomic E-state index is 10.9. The zero-order valence-electron chi connectivity index (χ0n) is 9.22. The fourth-order valence-electron chi connectivity index (χ4n) is 1.56. The van der Waals surface area contributed by atoms with E-state index >= 15 is 0 Å². The van der Waals surface area contributed by atoms with Crippen LogP contribution in [-0.2, 0) is 4.79 Å². The predicted octanol–water partition coefficient (Wildman–Crippen LogP) is 3.30. The van der Waals surface area contributed by atoms with Crippen molar-refractivity contribution in [3.8, 4) is 0 Å². The Morgan fingerprint density at radius 3 is 2.43 bits per heavy atom. The van der Waals surface area contributed by atoms with Gasteiger partial charge in [0.1, 0.15) is 0 Å². The lowest BCUT2D eigenvalue weighted by atomic mass is 9.97. The summed E-state index contributed by atoms with van der Waals surface area (Å²) in [5.74, 6) is 0.100. The van der Waals surface area contributed by atoms with Crippen molar-refractivity contribution in [1.82, 2.24) is 0 Å². The minimum Gasteiger partial charge on any atom is -0.295 e. The molecule has 1 rings (SSSR count). The predicted molar refractivity (Wildman–Crippen MR) is 60.2 cm³/mol. The average Bonchev–Trinajstić information content (AvgIpc) is 2.08. The van der Waals surface area contributed by atoms with Crippen LogP contribution in [0.3, 0.4) is 0 Å². The van der Waals surface area contributed by atoms with E-state index in [0.29, 0.717) is 0 Å². The van der Waals surface area contributed by atoms with Crippen LogP contribution in [0.25, 0.3) is 5.57 Å². The lowest BCUT2D eigenvalue weighted by Gasteiger charge is -2.08. The molecule has 0 aromatic heterocycles. The first kappa shape index (κ1) is 10.7. The minimum absolute atomic E-state index is 0.100. The van der Waals surface area contributed by atoms with E-state index in [1.807, 2.05) is 13.0 Å². The van der Waals surface area contributed by atoms with E-state index in [1.165, 1.54) is 16.7 Å². The van der Waals surface area contributed by atoms with Gasteiger partial charge in [-0.3, -0.25) is 4.79 Å². The van der Waals surface area contributed by atoms with E-state index in [4.69, 9.17) is 0 Å². The maximum Gasteiger partial charge on any atom is 0.152 e. The summed E-state index contributed by atoms with van der Waals surface area (Å²) in [5, 5.41) is 0. The lowest BCUT2D eigenvalue weighted by molar-refractivity contribution is -0.112. The third kappa shape index (κ3) is 2.32. The van der Waals surface area contributed by atoms with Gasteiger partial charge in [0.25, 0.3) is 0 Å². The van der Waals surface area contributed by atoms with E-state index in [0.717, 1.165) is 5.57 Å². The van der Waals surface area contributed by atoms with Crippen LogP contribution >= 0.6 is 0 Å². The third-order valence-electron chi connectivity index (χ3n) is 2.45. The highest BCUT2D eigenvalue weighted by Gasteiger charge is 2.02. The number of carbonyl (C=O) groups excluding carboxylic acids is 1. The van der Waals surface area contributed by atoms with Crippen molar-refractivity contribution in [1.29, 1.82) is 0 Å². The van der Waals surface area contributed by atoms with Crippen molar-refractivity contribution in [2.24, 2.45) is 0 Å². The van der Waals surface area contributed by atoms with Crippen molar-refractivity contribution in [2.75, 3.05) is 0 Å². The number of carbonyl (C=O) groups is 1. The highest BCUT2D eigenvalue weighted by Crippen LogP contribution is 2.20. The molecule has 0 atom stereocenters. The molecule has 0 saturated carbocycles. The Labute approximate surface area is 85.5 Å². The second kappa shape index (κ2) is 4.23. The summed E-state index contributed by atoms with van der Waals surface area (Å²) in [5.41, 5.74) is 4.72. The van der Waals surface area contributed by atoms with Crippen molar-refractivity contribution < 1.29 is 4.79 Å². The van der Waals surface area contributed by atoms with Gasteiger partial charge in [0.05, 0.1) is 0 Å². The summed E-state index contributed by atoms with van der Waals surface area (Å²) in [4.78, 5) is 10.9. The summed E-state index contributed by atoms with van der Waals surface area (Å²) in [6.45, 7) is 7.72. The molecule has 0 saturated heterocycles. The zero-order valence-corrected chi connectivity index (χ0v) is 9.22. The van der Waals surface area contributed by atoms with Gasteiger partial charge in [-0.2, -0.15) is 0 Å². The molecule has 1 aromatic rings. The van der Waals surface area contributed by atoms with Crippen LogP contribution in [0.2, 0.25) is 0 Å². The normalized spacial score (nSPS) is 11.6. The molecule has 0 aliphatic carbocycles. The van der Waals surface area contributed by atoms with E-state index < -0.39 is 0 Å². The number of hydrogen-bond donors (Lipinski definition) is 0. The molecule has 0 N–H and O–H groups in total. The van der Waals surface area contributed by atoms with Crippen LogP contribution < -0.4 is 0 Å². The van der Waals surface area contributed by atoms with Crippen LogP contribution in [0.1, 0.15) is 30.5 Å². The third-order valence-corrected chi connectivity index (χ3v) is 2.45. The Bertz CT molecular complexity index is 386. The number of rotatable bonds is 2. The average molecular weight is 188 g/mol. The van der Waals surface area contributed by atoms with Gasteiger partial charge in [0.2, 0.25) is 0 Å². The van der Waals surface area contributed by atoms with Gasteiger partial charge >= 0.3 is 0 Å². The first-order chi connectivity index (χ1) is 6.52. The molecule has 0 radical (unpaired) electrons. The maximum absolute atomic E-state index is 10.9. The highest BCUT2D eigenvalue weighted by atomic mass is 16.1. The van der Waals surface area contributed by atoms with Crippen molar-refractivity contribution >= 4 is 11.4 Å². The Morgan fingerprint density at radius 2 is 1.86 bits per heavy atom. The Kier molecular flexibility index (Phi) is 3.23. The van der Waals surface area contributed by atoms with Crippen molar-refractivity contribution in [3.63, 3.8) is 0 Å². The number of allylic oxidation sites excluding steroid dienone is 2. The standard InChI is InChI=1S/C13H16O/c1-9-6-5-7-13(12(9)4)10(2)8-11(3)14/h5-8H,1-4H3/b10-8-. The first-order valence-corrected chi connectivity index (χ1v) is 4.78. The molecule has 1 nitrogen and oxygen atoms in total. The molecule has 1 heteroatoms. The van der Waals surface area contributed by atoms with Crippen LogP contribution in [0.4, 0.5) is 0 Å². The van der Waals surface area contributed by atoms with Gasteiger partial charge in [-0.25, -0.2) is 0 Å². The summed E-state index contributed by atoms with van der Waals surface area (Å²) < 4.78 is 0. The molecule has 0 spiro atoms. The number of ketones is 1. The fraction of sp³-hybridized carbons (Fsp3) is 0.308. The monoisotopic (exact) mass is 188 g/mol. The van der Waals surface area contributed by atoms with Crippen molar-refractivity contribution in [3.05, 3.63) is 41.0 Å². The molecule has 0 amide bonds. The molecule has 14 heavy (non-hydrogen) atoms. The van der Waals surface area contributed by atoms with E-state index in [2.05, 4.69) is 26.0 Å². The van der Waals surface area contributed by atoms with Crippen LogP contribution in [0, 0.1) is 13.8 Å². The number of benzene rings is 1. The first-order valence-electron chi connectivity index (χ1n) is 4.78. The van der Waals surface area contributed by atoms with Gasteiger partial charge in [0.15, 0.2) is 5.78 Å². The van der Waals surface area contributed by atoms with Crippen LogP contribution in [0.5, 0.6) is 0 Å². The van der Waals surface area contributed by atoms with Gasteiger partial charge in [-0.1, -0.05) is 18.2 Å². The smallest absolute Gasteiger partial charge is 0.152 e. The van der Waals surface area contributed by atoms with Gasteiger partial charge in [0, 0.05) is 0 Å². The summed E-state index contributed by atoms with van der Waals surface area (Å²) in [6, 6.07) is 6.16. The topological polar surface area (TPSA) is 17.1 Å². The number of hydrogen-bond acceptors (Lipinski definition) is 1. The summed E-state index contributed by atoms with van der Waals surface area (Å²) >= 11 is 0. The SMILES string of the molecule is CC(=O)/C=C(/C)c1cccc(C)c1C. The molecule has 1 aromatic carbocycles. The molecule has 0 bridgehead atoms. The van der Waals surface area contributed by atoms with Crippen molar-refractivity contribution in [2.45, 2.75) is 27.7 Å². The minimum atomic E-state index is 0.100. The molecular weight excluding hydrogens is 172 g/mol. The van der Waals surface area contributed by atoms with E-state index in [1.54, 1.807) is 13.0 Å². The van der Waals surface area contributed by atoms with Gasteiger partial charge in [-0.15, -0.1) is 0 Å².